The summed E-state index contributed by atoms with van der Waals surface area (Å²) in [7, 11) is 0. The summed E-state index contributed by atoms with van der Waals surface area (Å²) >= 11 is 0. The lowest BCUT2D eigenvalue weighted by Gasteiger charge is -2.36. The Labute approximate surface area is 191 Å². The number of fused-ring (bicyclic) bond motifs is 2. The lowest BCUT2D eigenvalue weighted by atomic mass is 9.91. The van der Waals surface area contributed by atoms with Crippen LogP contribution in [0.4, 0.5) is 23.4 Å². The van der Waals surface area contributed by atoms with Gasteiger partial charge in [0.1, 0.15) is 29.5 Å². The smallest absolute Gasteiger partial charge is 0.374 e. The topological polar surface area (TPSA) is 92.3 Å². The number of nitrogens with one attached hydrogen (secondary N) is 2. The van der Waals surface area contributed by atoms with Gasteiger partial charge in [-0.15, -0.1) is 0 Å². The quantitative estimate of drug-likeness (QED) is 0.388. The predicted octanol–water partition coefficient (Wildman–Crippen LogP) is 3.80. The number of aromatic nitrogens is 5. The molecule has 3 aromatic heterocycles. The molecule has 12 heteroatoms. The third kappa shape index (κ3) is 3.76. The number of aliphatic hydroxyl groups is 1. The summed E-state index contributed by atoms with van der Waals surface area (Å²) in [4.78, 5) is 8.46. The SMILES string of the molecule is CC1(C)CCC(Nc2nc(-c3nn(CO)c4c(F)cccc34)c(C(F)(F)F)n3ccnc23)CN1. The van der Waals surface area contributed by atoms with Gasteiger partial charge in [-0.05, 0) is 32.8 Å². The largest absolute Gasteiger partial charge is 0.434 e. The molecule has 0 bridgehead atoms. The number of alkyl halides is 3. The Kier molecular flexibility index (Phi) is 5.24. The number of halogens is 4. The van der Waals surface area contributed by atoms with Crippen LogP contribution in [0.3, 0.4) is 0 Å². The van der Waals surface area contributed by atoms with Crippen LogP contribution in [-0.4, -0.2) is 47.4 Å². The number of rotatable bonds is 4. The number of aliphatic hydroxyl groups excluding tert-OH is 1. The van der Waals surface area contributed by atoms with E-state index < -0.39 is 30.1 Å². The fourth-order valence-corrected chi connectivity index (χ4v) is 4.43. The minimum absolute atomic E-state index is 0.0259. The lowest BCUT2D eigenvalue weighted by Crippen LogP contribution is -2.50. The van der Waals surface area contributed by atoms with Crippen molar-refractivity contribution in [3.8, 4) is 11.4 Å². The van der Waals surface area contributed by atoms with Gasteiger partial charge in [-0.2, -0.15) is 18.3 Å². The van der Waals surface area contributed by atoms with Crippen LogP contribution in [0, 0.1) is 5.82 Å². The number of anilines is 1. The fraction of sp³-hybridized carbons (Fsp3) is 0.409. The zero-order chi connectivity index (χ0) is 24.3. The average molecular weight is 477 g/mol. The first-order chi connectivity index (χ1) is 16.1. The van der Waals surface area contributed by atoms with Crippen molar-refractivity contribution in [2.24, 2.45) is 0 Å². The molecule has 5 rings (SSSR count). The molecule has 4 heterocycles. The Morgan fingerprint density at radius 3 is 2.74 bits per heavy atom. The van der Waals surface area contributed by atoms with Crippen molar-refractivity contribution < 1.29 is 22.7 Å². The van der Waals surface area contributed by atoms with Crippen LogP contribution in [0.1, 0.15) is 32.4 Å². The van der Waals surface area contributed by atoms with Crippen molar-refractivity contribution in [2.45, 2.75) is 51.2 Å². The number of benzene rings is 1. The molecule has 1 atom stereocenters. The number of hydrogen-bond donors (Lipinski definition) is 3. The van der Waals surface area contributed by atoms with Gasteiger partial charge in [0.15, 0.2) is 17.2 Å². The zero-order valence-electron chi connectivity index (χ0n) is 18.5. The third-order valence-corrected chi connectivity index (χ3v) is 6.17. The fourth-order valence-electron chi connectivity index (χ4n) is 4.43. The van der Waals surface area contributed by atoms with Gasteiger partial charge in [0.25, 0.3) is 0 Å². The van der Waals surface area contributed by atoms with Crippen molar-refractivity contribution in [3.63, 3.8) is 0 Å². The van der Waals surface area contributed by atoms with E-state index in [0.29, 0.717) is 6.54 Å². The van der Waals surface area contributed by atoms with E-state index in [0.717, 1.165) is 28.0 Å². The third-order valence-electron chi connectivity index (χ3n) is 6.17. The van der Waals surface area contributed by atoms with E-state index in [9.17, 15) is 22.7 Å². The lowest BCUT2D eigenvalue weighted by molar-refractivity contribution is -0.141. The standard InChI is InChI=1S/C22H23F4N7O/c1-21(2)7-6-12(10-28-21)29-19-20-27-8-9-32(20)18(22(24,25)26)16(30-19)15-13-4-3-5-14(23)17(13)33(11-34)31-15/h3-5,8-9,12,28,34H,6-7,10-11H2,1-2H3,(H,29,30). The first-order valence-electron chi connectivity index (χ1n) is 10.8. The molecule has 0 amide bonds. The van der Waals surface area contributed by atoms with Crippen LogP contribution >= 0.6 is 0 Å². The van der Waals surface area contributed by atoms with Crippen molar-refractivity contribution in [3.05, 3.63) is 42.1 Å². The molecular weight excluding hydrogens is 454 g/mol. The Balaban J connectivity index is 1.72. The summed E-state index contributed by atoms with van der Waals surface area (Å²) in [5.41, 5.74) is -1.85. The summed E-state index contributed by atoms with van der Waals surface area (Å²) in [5, 5.41) is 20.5. The summed E-state index contributed by atoms with van der Waals surface area (Å²) < 4.78 is 59.3. The summed E-state index contributed by atoms with van der Waals surface area (Å²) in [6, 6.07) is 3.91. The van der Waals surface area contributed by atoms with Crippen LogP contribution in [0.15, 0.2) is 30.6 Å². The average Bonchev–Trinajstić information content (AvgIpc) is 3.39. The monoisotopic (exact) mass is 477 g/mol. The molecule has 0 saturated carbocycles. The normalized spacial score (nSPS) is 18.6. The molecule has 1 aliphatic rings. The molecule has 8 nitrogen and oxygen atoms in total. The molecule has 3 N–H and O–H groups in total. The molecule has 1 unspecified atom stereocenters. The Bertz CT molecular complexity index is 1370. The number of imidazole rings is 1. The number of piperidine rings is 1. The van der Waals surface area contributed by atoms with E-state index in [1.807, 2.05) is 0 Å². The van der Waals surface area contributed by atoms with Crippen LogP contribution in [0.25, 0.3) is 27.9 Å². The van der Waals surface area contributed by atoms with Crippen LogP contribution in [-0.2, 0) is 12.9 Å². The molecule has 1 saturated heterocycles. The van der Waals surface area contributed by atoms with Crippen molar-refractivity contribution in [1.29, 1.82) is 0 Å². The van der Waals surface area contributed by atoms with Gasteiger partial charge >= 0.3 is 6.18 Å². The first kappa shape index (κ1) is 22.5. The maximum atomic E-state index is 14.5. The van der Waals surface area contributed by atoms with E-state index in [-0.39, 0.29) is 39.6 Å². The molecule has 1 fully saturated rings. The van der Waals surface area contributed by atoms with Crippen molar-refractivity contribution in [2.75, 3.05) is 11.9 Å². The zero-order valence-corrected chi connectivity index (χ0v) is 18.5. The molecule has 0 aliphatic carbocycles. The van der Waals surface area contributed by atoms with Gasteiger partial charge < -0.3 is 15.7 Å². The Hall–Kier alpha value is -3.25. The van der Waals surface area contributed by atoms with E-state index in [1.165, 1.54) is 24.5 Å². The number of para-hydroxylation sites is 1. The van der Waals surface area contributed by atoms with Gasteiger partial charge in [0.05, 0.1) is 0 Å². The van der Waals surface area contributed by atoms with Gasteiger partial charge in [0, 0.05) is 35.9 Å². The van der Waals surface area contributed by atoms with Gasteiger partial charge in [0.2, 0.25) is 0 Å². The maximum absolute atomic E-state index is 14.5. The molecule has 0 spiro atoms. The molecule has 34 heavy (non-hydrogen) atoms. The summed E-state index contributed by atoms with van der Waals surface area (Å²) in [6.07, 6.45) is -0.666. The number of hydrogen-bond acceptors (Lipinski definition) is 6. The molecule has 1 aliphatic heterocycles. The summed E-state index contributed by atoms with van der Waals surface area (Å²) in [6.45, 7) is 4.07. The van der Waals surface area contributed by atoms with Crippen molar-refractivity contribution in [1.82, 2.24) is 29.5 Å². The maximum Gasteiger partial charge on any atom is 0.434 e. The van der Waals surface area contributed by atoms with E-state index in [2.05, 4.69) is 39.5 Å². The van der Waals surface area contributed by atoms with Crippen LogP contribution in [0.5, 0.6) is 0 Å². The molecular formula is C22H23F4N7O. The van der Waals surface area contributed by atoms with E-state index in [4.69, 9.17) is 0 Å². The summed E-state index contributed by atoms with van der Waals surface area (Å²) in [5.74, 6) is -0.542. The highest BCUT2D eigenvalue weighted by Crippen LogP contribution is 2.40. The minimum atomic E-state index is -4.81. The van der Waals surface area contributed by atoms with E-state index in [1.54, 1.807) is 0 Å². The van der Waals surface area contributed by atoms with Gasteiger partial charge in [-0.3, -0.25) is 4.40 Å². The van der Waals surface area contributed by atoms with Gasteiger partial charge in [-0.1, -0.05) is 12.1 Å². The van der Waals surface area contributed by atoms with Crippen molar-refractivity contribution >= 4 is 22.4 Å². The molecule has 180 valence electrons. The molecule has 1 aromatic carbocycles. The Morgan fingerprint density at radius 2 is 2.06 bits per heavy atom. The van der Waals surface area contributed by atoms with Crippen LogP contribution in [0.2, 0.25) is 0 Å². The molecule has 0 radical (unpaired) electrons. The number of nitrogens with zero attached hydrogens (tertiary/aromatic N) is 5. The van der Waals surface area contributed by atoms with Gasteiger partial charge in [-0.25, -0.2) is 19.0 Å². The van der Waals surface area contributed by atoms with E-state index >= 15 is 0 Å². The predicted molar refractivity (Wildman–Crippen MR) is 118 cm³/mol. The molecule has 4 aromatic rings. The second-order valence-corrected chi connectivity index (χ2v) is 9.05. The highest BCUT2D eigenvalue weighted by molar-refractivity contribution is 5.94. The first-order valence-corrected chi connectivity index (χ1v) is 10.8. The van der Waals surface area contributed by atoms with Crippen LogP contribution < -0.4 is 10.6 Å². The second kappa shape index (κ2) is 7.91. The highest BCUT2D eigenvalue weighted by Gasteiger charge is 2.40. The minimum Gasteiger partial charge on any atom is -0.374 e. The Morgan fingerprint density at radius 1 is 1.26 bits per heavy atom. The highest BCUT2D eigenvalue weighted by atomic mass is 19.4. The second-order valence-electron chi connectivity index (χ2n) is 9.05.